The molecule has 2 aromatic rings. The molecule has 0 aliphatic heterocycles. The number of ether oxygens (including phenoxy) is 3. The number of anilines is 1. The second-order valence-electron chi connectivity index (χ2n) is 6.05. The Morgan fingerprint density at radius 2 is 1.64 bits per heavy atom. The molecule has 0 unspecified atom stereocenters. The predicted molar refractivity (Wildman–Crippen MR) is 105 cm³/mol. The van der Waals surface area contributed by atoms with Crippen molar-refractivity contribution in [1.82, 2.24) is 5.32 Å². The minimum Gasteiger partial charge on any atom is -0.496 e. The van der Waals surface area contributed by atoms with E-state index in [1.807, 2.05) is 0 Å². The summed E-state index contributed by atoms with van der Waals surface area (Å²) in [5.74, 6) is 1.08. The van der Waals surface area contributed by atoms with Gasteiger partial charge in [-0.15, -0.1) is 0 Å². The van der Waals surface area contributed by atoms with Crippen LogP contribution in [0.5, 0.6) is 17.2 Å². The fourth-order valence-corrected chi connectivity index (χ4v) is 2.71. The lowest BCUT2D eigenvalue weighted by Crippen LogP contribution is -2.25. The van der Waals surface area contributed by atoms with Crippen LogP contribution in [0.3, 0.4) is 0 Å². The highest BCUT2D eigenvalue weighted by Crippen LogP contribution is 2.34. The zero-order valence-electron chi connectivity index (χ0n) is 16.4. The first-order chi connectivity index (χ1) is 13.3. The van der Waals surface area contributed by atoms with Crippen LogP contribution in [0.25, 0.3) is 0 Å². The van der Waals surface area contributed by atoms with Crippen LogP contribution in [0, 0.1) is 10.1 Å². The summed E-state index contributed by atoms with van der Waals surface area (Å²) in [4.78, 5) is 25.0. The third-order valence-electron chi connectivity index (χ3n) is 4.14. The molecule has 0 radical (unpaired) electrons. The number of nitro groups is 1. The maximum absolute atomic E-state index is 12.7. The minimum absolute atomic E-state index is 0.137. The maximum atomic E-state index is 12.7. The molecular formula is C19H23N3O6. The summed E-state index contributed by atoms with van der Waals surface area (Å²) in [5, 5.41) is 13.8. The topological polar surface area (TPSA) is 103 Å². The van der Waals surface area contributed by atoms with Gasteiger partial charge in [0, 0.05) is 50.1 Å². The fraction of sp³-hybridized carbons (Fsp3) is 0.316. The second kappa shape index (κ2) is 8.94. The number of carbonyl (C=O) groups excluding carboxylic acids is 1. The van der Waals surface area contributed by atoms with Crippen LogP contribution in [0.15, 0.2) is 30.3 Å². The Labute approximate surface area is 163 Å². The quantitative estimate of drug-likeness (QED) is 0.547. The van der Waals surface area contributed by atoms with E-state index >= 15 is 0 Å². The van der Waals surface area contributed by atoms with E-state index in [0.29, 0.717) is 28.5 Å². The lowest BCUT2D eigenvalue weighted by Gasteiger charge is -2.18. The minimum atomic E-state index is -0.534. The molecule has 0 atom stereocenters. The van der Waals surface area contributed by atoms with E-state index in [-0.39, 0.29) is 17.8 Å². The number of nitro benzene ring substituents is 1. The zero-order valence-corrected chi connectivity index (χ0v) is 16.4. The van der Waals surface area contributed by atoms with Crippen LogP contribution in [-0.4, -0.2) is 46.3 Å². The largest absolute Gasteiger partial charge is 0.496 e. The first-order valence-corrected chi connectivity index (χ1v) is 8.35. The lowest BCUT2D eigenvalue weighted by molar-refractivity contribution is -0.384. The Kier molecular flexibility index (Phi) is 6.64. The molecule has 0 fully saturated rings. The third kappa shape index (κ3) is 4.43. The number of hydrogen-bond donors (Lipinski definition) is 1. The van der Waals surface area contributed by atoms with Crippen LogP contribution >= 0.6 is 0 Å². The van der Waals surface area contributed by atoms with E-state index in [4.69, 9.17) is 14.2 Å². The standard InChI is InChI=1S/C19H23N3O6/c1-21(2)15-7-6-13(22(24)25)9-14(15)19(23)20-11-12-8-17(27-4)18(28-5)10-16(12)26-3/h6-10H,11H2,1-5H3,(H,20,23). The van der Waals surface area contributed by atoms with Crippen molar-refractivity contribution in [2.75, 3.05) is 40.3 Å². The van der Waals surface area contributed by atoms with E-state index < -0.39 is 10.8 Å². The highest BCUT2D eigenvalue weighted by atomic mass is 16.6. The molecule has 1 N–H and O–H groups in total. The van der Waals surface area contributed by atoms with Crippen molar-refractivity contribution in [3.63, 3.8) is 0 Å². The summed E-state index contributed by atoms with van der Waals surface area (Å²) in [6.45, 7) is 0.137. The van der Waals surface area contributed by atoms with E-state index in [0.717, 1.165) is 0 Å². The van der Waals surface area contributed by atoms with Crippen LogP contribution < -0.4 is 24.4 Å². The number of rotatable bonds is 8. The Hall–Kier alpha value is -3.49. The Balaban J connectivity index is 2.31. The molecule has 28 heavy (non-hydrogen) atoms. The number of nitrogens with zero attached hydrogens (tertiary/aromatic N) is 2. The number of methoxy groups -OCH3 is 3. The van der Waals surface area contributed by atoms with Gasteiger partial charge >= 0.3 is 0 Å². The van der Waals surface area contributed by atoms with Crippen molar-refractivity contribution >= 4 is 17.3 Å². The molecule has 150 valence electrons. The molecule has 9 nitrogen and oxygen atoms in total. The van der Waals surface area contributed by atoms with Gasteiger partial charge in [0.1, 0.15) is 5.75 Å². The van der Waals surface area contributed by atoms with Gasteiger partial charge in [-0.05, 0) is 12.1 Å². The molecule has 0 spiro atoms. The van der Waals surface area contributed by atoms with Gasteiger partial charge in [0.15, 0.2) is 11.5 Å². The van der Waals surface area contributed by atoms with E-state index in [1.54, 1.807) is 37.2 Å². The van der Waals surface area contributed by atoms with Gasteiger partial charge in [0.25, 0.3) is 11.6 Å². The average molecular weight is 389 g/mol. The Morgan fingerprint density at radius 1 is 1.04 bits per heavy atom. The molecule has 0 saturated heterocycles. The number of non-ortho nitro benzene ring substituents is 1. The third-order valence-corrected chi connectivity index (χ3v) is 4.14. The molecule has 9 heteroatoms. The van der Waals surface area contributed by atoms with Crippen molar-refractivity contribution in [2.45, 2.75) is 6.54 Å². The van der Waals surface area contributed by atoms with Crippen molar-refractivity contribution in [1.29, 1.82) is 0 Å². The van der Waals surface area contributed by atoms with E-state index in [1.165, 1.54) is 33.5 Å². The molecule has 0 saturated carbocycles. The van der Waals surface area contributed by atoms with Gasteiger partial charge in [-0.25, -0.2) is 0 Å². The van der Waals surface area contributed by atoms with Crippen molar-refractivity contribution in [3.8, 4) is 17.2 Å². The maximum Gasteiger partial charge on any atom is 0.270 e. The summed E-state index contributed by atoms with van der Waals surface area (Å²) < 4.78 is 15.9. The number of carbonyl (C=O) groups is 1. The first-order valence-electron chi connectivity index (χ1n) is 8.35. The zero-order chi connectivity index (χ0) is 20.8. The number of benzene rings is 2. The molecule has 0 aromatic heterocycles. The van der Waals surface area contributed by atoms with E-state index in [2.05, 4.69) is 5.32 Å². The van der Waals surface area contributed by atoms with Gasteiger partial charge in [0.05, 0.1) is 31.8 Å². The SMILES string of the molecule is COc1cc(OC)c(OC)cc1CNC(=O)c1cc([N+](=O)[O-])ccc1N(C)C. The summed E-state index contributed by atoms with van der Waals surface area (Å²) >= 11 is 0. The van der Waals surface area contributed by atoms with Crippen LogP contribution in [0.1, 0.15) is 15.9 Å². The molecule has 0 aliphatic rings. The number of nitrogens with one attached hydrogen (secondary N) is 1. The first kappa shape index (κ1) is 20.8. The molecule has 2 rings (SSSR count). The van der Waals surface area contributed by atoms with Gasteiger partial charge < -0.3 is 24.4 Å². The molecule has 0 bridgehead atoms. The number of hydrogen-bond acceptors (Lipinski definition) is 7. The normalized spacial score (nSPS) is 10.2. The smallest absolute Gasteiger partial charge is 0.270 e. The lowest BCUT2D eigenvalue weighted by atomic mass is 10.1. The average Bonchev–Trinajstić information content (AvgIpc) is 2.70. The number of amides is 1. The van der Waals surface area contributed by atoms with E-state index in [9.17, 15) is 14.9 Å². The molecule has 0 aliphatic carbocycles. The second-order valence-corrected chi connectivity index (χ2v) is 6.05. The highest BCUT2D eigenvalue weighted by molar-refractivity contribution is 6.00. The van der Waals surface area contributed by atoms with Crippen molar-refractivity contribution in [2.24, 2.45) is 0 Å². The Morgan fingerprint density at radius 3 is 2.18 bits per heavy atom. The summed E-state index contributed by atoms with van der Waals surface area (Å²) in [6, 6.07) is 7.54. The monoisotopic (exact) mass is 389 g/mol. The van der Waals surface area contributed by atoms with Crippen LogP contribution in [0.4, 0.5) is 11.4 Å². The van der Waals surface area contributed by atoms with Gasteiger partial charge in [-0.2, -0.15) is 0 Å². The van der Waals surface area contributed by atoms with Crippen LogP contribution in [-0.2, 0) is 6.54 Å². The molecular weight excluding hydrogens is 366 g/mol. The molecule has 0 heterocycles. The summed E-state index contributed by atoms with van der Waals surface area (Å²) in [7, 11) is 8.06. The molecule has 1 amide bonds. The molecule has 2 aromatic carbocycles. The predicted octanol–water partition coefficient (Wildman–Crippen LogP) is 2.62. The van der Waals surface area contributed by atoms with Crippen molar-refractivity contribution < 1.29 is 23.9 Å². The van der Waals surface area contributed by atoms with Crippen molar-refractivity contribution in [3.05, 3.63) is 51.6 Å². The Bertz CT molecular complexity index is 882. The summed E-state index contributed by atoms with van der Waals surface area (Å²) in [6.07, 6.45) is 0. The highest BCUT2D eigenvalue weighted by Gasteiger charge is 2.19. The summed E-state index contributed by atoms with van der Waals surface area (Å²) in [5.41, 5.74) is 1.30. The van der Waals surface area contributed by atoms with Gasteiger partial charge in [-0.1, -0.05) is 0 Å². The fourth-order valence-electron chi connectivity index (χ4n) is 2.71. The van der Waals surface area contributed by atoms with Gasteiger partial charge in [-0.3, -0.25) is 14.9 Å². The van der Waals surface area contributed by atoms with Gasteiger partial charge in [0.2, 0.25) is 0 Å². The van der Waals surface area contributed by atoms with Crippen LogP contribution in [0.2, 0.25) is 0 Å².